The Labute approximate surface area is 152 Å². The van der Waals surface area contributed by atoms with E-state index in [2.05, 4.69) is 15.6 Å². The van der Waals surface area contributed by atoms with Gasteiger partial charge < -0.3 is 10.6 Å². The maximum atomic E-state index is 12.3. The first-order valence-corrected chi connectivity index (χ1v) is 8.27. The molecule has 1 heterocycles. The van der Waals surface area contributed by atoms with Crippen LogP contribution in [0.2, 0.25) is 0 Å². The lowest BCUT2D eigenvalue weighted by atomic mass is 10.1. The van der Waals surface area contributed by atoms with Gasteiger partial charge in [-0.05, 0) is 60.5 Å². The lowest BCUT2D eigenvalue weighted by Gasteiger charge is -2.09. The predicted octanol–water partition coefficient (Wildman–Crippen LogP) is 3.57. The zero-order valence-corrected chi connectivity index (χ0v) is 14.4. The normalized spacial score (nSPS) is 10.2. The van der Waals surface area contributed by atoms with E-state index in [-0.39, 0.29) is 11.8 Å². The number of benzene rings is 2. The topological polar surface area (TPSA) is 71.1 Å². The van der Waals surface area contributed by atoms with Crippen molar-refractivity contribution in [2.75, 3.05) is 5.32 Å². The van der Waals surface area contributed by atoms with Crippen molar-refractivity contribution >= 4 is 17.5 Å². The van der Waals surface area contributed by atoms with Crippen LogP contribution < -0.4 is 10.6 Å². The lowest BCUT2D eigenvalue weighted by Crippen LogP contribution is -2.23. The van der Waals surface area contributed by atoms with Crippen LogP contribution in [0.5, 0.6) is 0 Å². The number of carbonyl (C=O) groups excluding carboxylic acids is 2. The number of nitrogens with zero attached hydrogens (tertiary/aromatic N) is 1. The molecule has 0 aliphatic heterocycles. The summed E-state index contributed by atoms with van der Waals surface area (Å²) >= 11 is 0. The third-order valence-corrected chi connectivity index (χ3v) is 4.00. The SMILES string of the molecule is Cc1ccccc1NC(=O)c1ccc(C(=O)NCc2ccncc2)cc1. The summed E-state index contributed by atoms with van der Waals surface area (Å²) in [6.07, 6.45) is 3.37. The van der Waals surface area contributed by atoms with E-state index in [0.29, 0.717) is 17.7 Å². The largest absolute Gasteiger partial charge is 0.348 e. The van der Waals surface area contributed by atoms with Crippen LogP contribution in [0.25, 0.3) is 0 Å². The Hall–Kier alpha value is -3.47. The fraction of sp³-hybridized carbons (Fsp3) is 0.0952. The average Bonchev–Trinajstić information content (AvgIpc) is 2.69. The van der Waals surface area contributed by atoms with Gasteiger partial charge in [-0.3, -0.25) is 14.6 Å². The summed E-state index contributed by atoms with van der Waals surface area (Å²) in [6, 6.07) is 17.9. The van der Waals surface area contributed by atoms with Crippen LogP contribution in [0.3, 0.4) is 0 Å². The van der Waals surface area contributed by atoms with Gasteiger partial charge in [0.1, 0.15) is 0 Å². The number of carbonyl (C=O) groups is 2. The van der Waals surface area contributed by atoms with E-state index in [1.165, 1.54) is 0 Å². The Morgan fingerprint density at radius 1 is 0.846 bits per heavy atom. The molecule has 1 aromatic heterocycles. The zero-order valence-electron chi connectivity index (χ0n) is 14.4. The molecule has 0 atom stereocenters. The molecule has 5 nitrogen and oxygen atoms in total. The second-order valence-electron chi connectivity index (χ2n) is 5.88. The summed E-state index contributed by atoms with van der Waals surface area (Å²) in [4.78, 5) is 28.5. The van der Waals surface area contributed by atoms with Gasteiger partial charge in [0.2, 0.25) is 0 Å². The quantitative estimate of drug-likeness (QED) is 0.742. The molecule has 0 bridgehead atoms. The molecule has 0 aliphatic carbocycles. The molecule has 2 amide bonds. The smallest absolute Gasteiger partial charge is 0.255 e. The molecule has 0 spiro atoms. The van der Waals surface area contributed by atoms with Gasteiger partial charge in [-0.1, -0.05) is 18.2 Å². The molecule has 0 saturated heterocycles. The summed E-state index contributed by atoms with van der Waals surface area (Å²) < 4.78 is 0. The van der Waals surface area contributed by atoms with Gasteiger partial charge in [0, 0.05) is 35.8 Å². The van der Waals surface area contributed by atoms with E-state index in [9.17, 15) is 9.59 Å². The second kappa shape index (κ2) is 8.07. The van der Waals surface area contributed by atoms with Crippen LogP contribution >= 0.6 is 0 Å². The second-order valence-corrected chi connectivity index (χ2v) is 5.88. The molecule has 2 N–H and O–H groups in total. The van der Waals surface area contributed by atoms with Crippen LogP contribution in [-0.4, -0.2) is 16.8 Å². The number of aryl methyl sites for hydroxylation is 1. The third kappa shape index (κ3) is 4.33. The number of hydrogen-bond donors (Lipinski definition) is 2. The van der Waals surface area contributed by atoms with Crippen molar-refractivity contribution in [2.45, 2.75) is 13.5 Å². The van der Waals surface area contributed by atoms with Crippen LogP contribution in [0.1, 0.15) is 31.8 Å². The molecule has 0 saturated carbocycles. The molecule has 130 valence electrons. The number of rotatable bonds is 5. The maximum Gasteiger partial charge on any atom is 0.255 e. The average molecular weight is 345 g/mol. The van der Waals surface area contributed by atoms with Crippen molar-refractivity contribution in [3.63, 3.8) is 0 Å². The third-order valence-electron chi connectivity index (χ3n) is 4.00. The van der Waals surface area contributed by atoms with Crippen LogP contribution in [0, 0.1) is 6.92 Å². The van der Waals surface area contributed by atoms with Crippen LogP contribution in [0.15, 0.2) is 73.1 Å². The first kappa shape index (κ1) is 17.4. The first-order valence-electron chi connectivity index (χ1n) is 8.27. The highest BCUT2D eigenvalue weighted by Gasteiger charge is 2.10. The Morgan fingerprint density at radius 2 is 1.46 bits per heavy atom. The standard InChI is InChI=1S/C21H19N3O2/c1-15-4-2-3-5-19(15)24-21(26)18-8-6-17(7-9-18)20(25)23-14-16-10-12-22-13-11-16/h2-13H,14H2,1H3,(H,23,25)(H,24,26). The highest BCUT2D eigenvalue weighted by molar-refractivity contribution is 6.05. The van der Waals surface area contributed by atoms with Crippen molar-refractivity contribution in [1.29, 1.82) is 0 Å². The van der Waals surface area contributed by atoms with E-state index < -0.39 is 0 Å². The molecular weight excluding hydrogens is 326 g/mol. The highest BCUT2D eigenvalue weighted by Crippen LogP contribution is 2.15. The summed E-state index contributed by atoms with van der Waals surface area (Å²) in [5.41, 5.74) is 3.75. The summed E-state index contributed by atoms with van der Waals surface area (Å²) in [6.45, 7) is 2.36. The molecule has 2 aromatic carbocycles. The number of pyridine rings is 1. The van der Waals surface area contributed by atoms with Gasteiger partial charge in [-0.2, -0.15) is 0 Å². The summed E-state index contributed by atoms with van der Waals surface area (Å²) in [7, 11) is 0. The number of aromatic nitrogens is 1. The van der Waals surface area contributed by atoms with Gasteiger partial charge in [0.25, 0.3) is 11.8 Å². The molecule has 5 heteroatoms. The van der Waals surface area contributed by atoms with Gasteiger partial charge in [0.05, 0.1) is 0 Å². The van der Waals surface area contributed by atoms with E-state index in [1.54, 1.807) is 36.7 Å². The van der Waals surface area contributed by atoms with E-state index in [4.69, 9.17) is 0 Å². The van der Waals surface area contributed by atoms with Crippen LogP contribution in [-0.2, 0) is 6.54 Å². The fourth-order valence-corrected chi connectivity index (χ4v) is 2.47. The number of nitrogens with one attached hydrogen (secondary N) is 2. The Morgan fingerprint density at radius 3 is 2.12 bits per heavy atom. The first-order chi connectivity index (χ1) is 12.6. The monoisotopic (exact) mass is 345 g/mol. The molecule has 26 heavy (non-hydrogen) atoms. The number of hydrogen-bond acceptors (Lipinski definition) is 3. The van der Waals surface area contributed by atoms with Crippen LogP contribution in [0.4, 0.5) is 5.69 Å². The van der Waals surface area contributed by atoms with Crippen molar-refractivity contribution in [3.05, 3.63) is 95.3 Å². The predicted molar refractivity (Wildman–Crippen MR) is 101 cm³/mol. The van der Waals surface area contributed by atoms with Gasteiger partial charge in [0.15, 0.2) is 0 Å². The summed E-state index contributed by atoms with van der Waals surface area (Å²) in [5.74, 6) is -0.393. The number of anilines is 1. The molecule has 0 aliphatic rings. The van der Waals surface area contributed by atoms with Crippen molar-refractivity contribution < 1.29 is 9.59 Å². The van der Waals surface area contributed by atoms with Gasteiger partial charge in [-0.25, -0.2) is 0 Å². The molecule has 3 rings (SSSR count). The molecule has 3 aromatic rings. The molecule has 0 unspecified atom stereocenters. The minimum Gasteiger partial charge on any atom is -0.348 e. The fourth-order valence-electron chi connectivity index (χ4n) is 2.47. The van der Waals surface area contributed by atoms with Gasteiger partial charge in [-0.15, -0.1) is 0 Å². The molecule has 0 radical (unpaired) electrons. The van der Waals surface area contributed by atoms with E-state index in [1.807, 2.05) is 43.3 Å². The maximum absolute atomic E-state index is 12.3. The Balaban J connectivity index is 1.61. The molecular formula is C21H19N3O2. The van der Waals surface area contributed by atoms with Gasteiger partial charge >= 0.3 is 0 Å². The minimum absolute atomic E-state index is 0.187. The molecule has 0 fully saturated rings. The van der Waals surface area contributed by atoms with Crippen molar-refractivity contribution in [1.82, 2.24) is 10.3 Å². The lowest BCUT2D eigenvalue weighted by molar-refractivity contribution is 0.0949. The Bertz CT molecular complexity index is 906. The minimum atomic E-state index is -0.206. The van der Waals surface area contributed by atoms with E-state index >= 15 is 0 Å². The summed E-state index contributed by atoms with van der Waals surface area (Å²) in [5, 5.41) is 5.72. The van der Waals surface area contributed by atoms with Crippen molar-refractivity contribution in [3.8, 4) is 0 Å². The Kier molecular flexibility index (Phi) is 5.39. The number of para-hydroxylation sites is 1. The number of amides is 2. The van der Waals surface area contributed by atoms with Crippen molar-refractivity contribution in [2.24, 2.45) is 0 Å². The zero-order chi connectivity index (χ0) is 18.4. The highest BCUT2D eigenvalue weighted by atomic mass is 16.2. The van der Waals surface area contributed by atoms with E-state index in [0.717, 1.165) is 16.8 Å².